The number of thiophene rings is 1. The number of aromatic nitrogens is 2. The summed E-state index contributed by atoms with van der Waals surface area (Å²) < 4.78 is 23.7. The van der Waals surface area contributed by atoms with Gasteiger partial charge in [-0.3, -0.25) is 4.90 Å². The molecule has 2 aromatic heterocycles. The molecule has 1 saturated heterocycles. The lowest BCUT2D eigenvalue weighted by atomic mass is 10.3. The van der Waals surface area contributed by atoms with Gasteiger partial charge in [0, 0.05) is 39.0 Å². The number of nitrogens with zero attached hydrogens (tertiary/aromatic N) is 4. The van der Waals surface area contributed by atoms with E-state index >= 15 is 0 Å². The summed E-state index contributed by atoms with van der Waals surface area (Å²) in [6, 6.07) is 2.03. The maximum absolute atomic E-state index is 11.3. The monoisotopic (exact) mass is 340 g/mol. The lowest BCUT2D eigenvalue weighted by molar-refractivity contribution is 0.271. The number of piperazine rings is 1. The second-order valence-electron chi connectivity index (χ2n) is 5.69. The van der Waals surface area contributed by atoms with Crippen LogP contribution in [-0.2, 0) is 9.84 Å². The Bertz CT molecular complexity index is 764. The van der Waals surface area contributed by atoms with Crippen LogP contribution in [0.15, 0.2) is 11.4 Å². The molecule has 0 atom stereocenters. The molecular formula is C14H20N4O2S2. The van der Waals surface area contributed by atoms with Crippen molar-refractivity contribution in [1.29, 1.82) is 0 Å². The van der Waals surface area contributed by atoms with Crippen LogP contribution in [0.4, 0.5) is 5.82 Å². The predicted molar refractivity (Wildman–Crippen MR) is 90.5 cm³/mol. The van der Waals surface area contributed by atoms with E-state index in [0.29, 0.717) is 6.54 Å². The molecule has 3 heterocycles. The number of anilines is 1. The van der Waals surface area contributed by atoms with Gasteiger partial charge in [-0.25, -0.2) is 18.4 Å². The van der Waals surface area contributed by atoms with Gasteiger partial charge in [-0.2, -0.15) is 0 Å². The number of aryl methyl sites for hydroxylation is 1. The Morgan fingerprint density at radius 2 is 1.95 bits per heavy atom. The molecule has 1 aliphatic heterocycles. The number of hydrogen-bond donors (Lipinski definition) is 0. The van der Waals surface area contributed by atoms with Gasteiger partial charge in [0.2, 0.25) is 0 Å². The summed E-state index contributed by atoms with van der Waals surface area (Å²) in [6.07, 6.45) is 1.29. The van der Waals surface area contributed by atoms with Gasteiger partial charge < -0.3 is 4.90 Å². The van der Waals surface area contributed by atoms with Gasteiger partial charge in [-0.1, -0.05) is 0 Å². The molecule has 8 heteroatoms. The van der Waals surface area contributed by atoms with Crippen molar-refractivity contribution >= 4 is 37.2 Å². The summed E-state index contributed by atoms with van der Waals surface area (Å²) in [5.74, 6) is 2.04. The summed E-state index contributed by atoms with van der Waals surface area (Å²) in [7, 11) is -2.89. The maximum Gasteiger partial charge on any atom is 0.150 e. The normalized spacial score (nSPS) is 17.3. The molecular weight excluding hydrogens is 320 g/mol. The minimum atomic E-state index is -2.89. The van der Waals surface area contributed by atoms with Crippen LogP contribution in [0.3, 0.4) is 0 Å². The van der Waals surface area contributed by atoms with Crippen LogP contribution in [0.1, 0.15) is 5.82 Å². The van der Waals surface area contributed by atoms with Gasteiger partial charge >= 0.3 is 0 Å². The van der Waals surface area contributed by atoms with Gasteiger partial charge in [0.25, 0.3) is 0 Å². The highest BCUT2D eigenvalue weighted by Gasteiger charge is 2.21. The van der Waals surface area contributed by atoms with Crippen LogP contribution < -0.4 is 4.90 Å². The van der Waals surface area contributed by atoms with Crippen LogP contribution in [-0.4, -0.2) is 68.0 Å². The van der Waals surface area contributed by atoms with Gasteiger partial charge in [-0.15, -0.1) is 11.3 Å². The Kier molecular flexibility index (Phi) is 4.33. The fraction of sp³-hybridized carbons (Fsp3) is 0.571. The Hall–Kier alpha value is -1.25. The first-order valence-corrected chi connectivity index (χ1v) is 10.2. The molecule has 1 aliphatic rings. The number of fused-ring (bicyclic) bond motifs is 1. The van der Waals surface area contributed by atoms with Crippen molar-refractivity contribution in [2.24, 2.45) is 0 Å². The zero-order chi connectivity index (χ0) is 15.7. The maximum atomic E-state index is 11.3. The molecule has 0 unspecified atom stereocenters. The van der Waals surface area contributed by atoms with Gasteiger partial charge in [0.1, 0.15) is 21.5 Å². The Morgan fingerprint density at radius 1 is 1.23 bits per heavy atom. The summed E-state index contributed by atoms with van der Waals surface area (Å²) in [5.41, 5.74) is 1.01. The lowest BCUT2D eigenvalue weighted by Crippen LogP contribution is -2.48. The highest BCUT2D eigenvalue weighted by atomic mass is 32.2. The van der Waals surface area contributed by atoms with Crippen molar-refractivity contribution in [3.63, 3.8) is 0 Å². The molecule has 0 aliphatic carbocycles. The SMILES string of the molecule is Cc1nc(N2CCN(CCS(C)(=O)=O)CC2)c2sccc2n1. The van der Waals surface area contributed by atoms with E-state index in [0.717, 1.165) is 48.0 Å². The van der Waals surface area contributed by atoms with Crippen molar-refractivity contribution in [3.8, 4) is 0 Å². The Labute approximate surface area is 134 Å². The highest BCUT2D eigenvalue weighted by Crippen LogP contribution is 2.29. The predicted octanol–water partition coefficient (Wildman–Crippen LogP) is 1.17. The third kappa shape index (κ3) is 3.56. The molecule has 120 valence electrons. The smallest absolute Gasteiger partial charge is 0.150 e. The average Bonchev–Trinajstić information content (AvgIpc) is 2.92. The third-order valence-electron chi connectivity index (χ3n) is 3.85. The molecule has 3 rings (SSSR count). The molecule has 1 fully saturated rings. The molecule has 6 nitrogen and oxygen atoms in total. The average molecular weight is 340 g/mol. The summed E-state index contributed by atoms with van der Waals surface area (Å²) in [5, 5.41) is 2.05. The summed E-state index contributed by atoms with van der Waals surface area (Å²) in [4.78, 5) is 13.6. The van der Waals surface area contributed by atoms with E-state index in [4.69, 9.17) is 0 Å². The lowest BCUT2D eigenvalue weighted by Gasteiger charge is -2.35. The van der Waals surface area contributed by atoms with Gasteiger partial charge in [0.15, 0.2) is 0 Å². The first-order valence-electron chi connectivity index (χ1n) is 7.29. The van der Waals surface area contributed by atoms with Crippen LogP contribution in [0.25, 0.3) is 10.2 Å². The summed E-state index contributed by atoms with van der Waals surface area (Å²) >= 11 is 1.67. The minimum absolute atomic E-state index is 0.231. The standard InChI is InChI=1S/C14H20N4O2S2/c1-11-15-12-3-9-21-13(12)14(16-11)18-6-4-17(5-7-18)8-10-22(2,19)20/h3,9H,4-8,10H2,1-2H3. The largest absolute Gasteiger partial charge is 0.353 e. The quantitative estimate of drug-likeness (QED) is 0.832. The zero-order valence-electron chi connectivity index (χ0n) is 12.8. The molecule has 0 bridgehead atoms. The van der Waals surface area contributed by atoms with Crippen molar-refractivity contribution in [3.05, 3.63) is 17.3 Å². The van der Waals surface area contributed by atoms with E-state index in [-0.39, 0.29) is 5.75 Å². The van der Waals surface area contributed by atoms with Crippen molar-refractivity contribution < 1.29 is 8.42 Å². The van der Waals surface area contributed by atoms with Crippen LogP contribution in [0.2, 0.25) is 0 Å². The van der Waals surface area contributed by atoms with Gasteiger partial charge in [-0.05, 0) is 18.4 Å². The fourth-order valence-electron chi connectivity index (χ4n) is 2.65. The van der Waals surface area contributed by atoms with Crippen LogP contribution in [0.5, 0.6) is 0 Å². The first kappa shape index (κ1) is 15.6. The summed E-state index contributed by atoms with van der Waals surface area (Å²) in [6.45, 7) is 6.00. The van der Waals surface area contributed by atoms with E-state index < -0.39 is 9.84 Å². The van der Waals surface area contributed by atoms with E-state index in [1.54, 1.807) is 11.3 Å². The third-order valence-corrected chi connectivity index (χ3v) is 5.67. The fourth-order valence-corrected chi connectivity index (χ4v) is 4.09. The Balaban J connectivity index is 1.69. The van der Waals surface area contributed by atoms with E-state index in [2.05, 4.69) is 19.8 Å². The Morgan fingerprint density at radius 3 is 2.64 bits per heavy atom. The zero-order valence-corrected chi connectivity index (χ0v) is 14.5. The number of rotatable bonds is 4. The van der Waals surface area contributed by atoms with E-state index in [9.17, 15) is 8.42 Å². The molecule has 0 radical (unpaired) electrons. The molecule has 0 N–H and O–H groups in total. The minimum Gasteiger partial charge on any atom is -0.353 e. The molecule has 0 saturated carbocycles. The van der Waals surface area contributed by atoms with Crippen molar-refractivity contribution in [1.82, 2.24) is 14.9 Å². The second-order valence-corrected chi connectivity index (χ2v) is 8.86. The highest BCUT2D eigenvalue weighted by molar-refractivity contribution is 7.90. The van der Waals surface area contributed by atoms with E-state index in [1.165, 1.54) is 6.26 Å². The second kappa shape index (κ2) is 6.10. The molecule has 0 aromatic carbocycles. The molecule has 22 heavy (non-hydrogen) atoms. The molecule has 0 amide bonds. The van der Waals surface area contributed by atoms with Crippen molar-refractivity contribution in [2.45, 2.75) is 6.92 Å². The van der Waals surface area contributed by atoms with Gasteiger partial charge in [0.05, 0.1) is 16.0 Å². The first-order chi connectivity index (χ1) is 10.4. The topological polar surface area (TPSA) is 66.4 Å². The van der Waals surface area contributed by atoms with E-state index in [1.807, 2.05) is 18.4 Å². The number of hydrogen-bond acceptors (Lipinski definition) is 7. The number of sulfone groups is 1. The molecule has 0 spiro atoms. The van der Waals surface area contributed by atoms with Crippen LogP contribution >= 0.6 is 11.3 Å². The molecule has 2 aromatic rings. The van der Waals surface area contributed by atoms with Crippen molar-refractivity contribution in [2.75, 3.05) is 49.6 Å². The van der Waals surface area contributed by atoms with Crippen LogP contribution in [0, 0.1) is 6.92 Å².